The number of nitrogens with zero attached hydrogens (tertiary/aromatic N) is 3. The summed E-state index contributed by atoms with van der Waals surface area (Å²) >= 11 is 11.6. The summed E-state index contributed by atoms with van der Waals surface area (Å²) in [6, 6.07) is 0.725. The summed E-state index contributed by atoms with van der Waals surface area (Å²) < 4.78 is 40.8. The number of carbonyl (C=O) groups is 1. The number of amides is 1. The van der Waals surface area contributed by atoms with E-state index in [2.05, 4.69) is 15.4 Å². The zero-order chi connectivity index (χ0) is 18.1. The largest absolute Gasteiger partial charge is 0.434 e. The monoisotopic (exact) mass is 381 g/mol. The van der Waals surface area contributed by atoms with Crippen LogP contribution in [0, 0.1) is 0 Å². The fourth-order valence-corrected chi connectivity index (χ4v) is 2.33. The molecule has 2 aromatic heterocycles. The Morgan fingerprint density at radius 2 is 2.08 bits per heavy atom. The first kappa shape index (κ1) is 18.5. The van der Waals surface area contributed by atoms with Crippen LogP contribution >= 0.6 is 23.2 Å². The van der Waals surface area contributed by atoms with Gasteiger partial charge < -0.3 is 11.1 Å². The van der Waals surface area contributed by atoms with Gasteiger partial charge in [-0.1, -0.05) is 23.2 Å². The molecule has 11 heteroatoms. The maximum atomic E-state index is 13.5. The molecule has 2 rings (SSSR count). The van der Waals surface area contributed by atoms with Gasteiger partial charge in [0.15, 0.2) is 11.5 Å². The summed E-state index contributed by atoms with van der Waals surface area (Å²) in [6.07, 6.45) is -2.94. The maximum Gasteiger partial charge on any atom is 0.434 e. The molecule has 0 saturated carbocycles. The quantitative estimate of drug-likeness (QED) is 0.852. The minimum Gasteiger partial charge on any atom is -0.348 e. The van der Waals surface area contributed by atoms with Crippen molar-refractivity contribution in [2.24, 2.45) is 5.73 Å². The molecular weight excluding hydrogens is 370 g/mol. The zero-order valence-corrected chi connectivity index (χ0v) is 13.7. The van der Waals surface area contributed by atoms with Gasteiger partial charge in [0.1, 0.15) is 0 Å². The third kappa shape index (κ3) is 3.80. The van der Waals surface area contributed by atoms with E-state index in [0.717, 1.165) is 12.4 Å². The van der Waals surface area contributed by atoms with Gasteiger partial charge in [0, 0.05) is 18.8 Å². The van der Waals surface area contributed by atoms with Crippen LogP contribution in [-0.4, -0.2) is 33.3 Å². The van der Waals surface area contributed by atoms with Crippen molar-refractivity contribution in [2.75, 3.05) is 6.54 Å². The van der Waals surface area contributed by atoms with Crippen molar-refractivity contribution in [1.82, 2.24) is 20.1 Å². The predicted octanol–water partition coefficient (Wildman–Crippen LogP) is 2.67. The fraction of sp³-hybridized carbons (Fsp3) is 0.308. The number of hydrogen-bond acceptors (Lipinski definition) is 4. The Morgan fingerprint density at radius 3 is 2.62 bits per heavy atom. The summed E-state index contributed by atoms with van der Waals surface area (Å²) in [6.45, 7) is 1.64. The van der Waals surface area contributed by atoms with E-state index in [1.807, 2.05) is 0 Å². The summed E-state index contributed by atoms with van der Waals surface area (Å²) in [4.78, 5) is 15.8. The van der Waals surface area contributed by atoms with Crippen LogP contribution in [0.1, 0.15) is 23.0 Å². The Balaban J connectivity index is 2.57. The molecule has 2 heterocycles. The standard InChI is InChI=1S/C13H12Cl2F3N5O/c1-6(3-19)22-12(24)8-5-21-23(10(8)13(16,17)18)11-9(15)2-7(14)4-20-11/h2,4-6H,3,19H2,1H3,(H,22,24)/t6-/m0/s1. The average molecular weight is 382 g/mol. The van der Waals surface area contributed by atoms with E-state index in [1.54, 1.807) is 6.92 Å². The maximum absolute atomic E-state index is 13.5. The highest BCUT2D eigenvalue weighted by molar-refractivity contribution is 6.35. The Hall–Kier alpha value is -1.84. The Labute approximate surface area is 144 Å². The number of rotatable bonds is 4. The van der Waals surface area contributed by atoms with Gasteiger partial charge in [-0.05, 0) is 13.0 Å². The van der Waals surface area contributed by atoms with Gasteiger partial charge in [-0.2, -0.15) is 18.3 Å². The normalized spacial score (nSPS) is 13.0. The molecular formula is C13H12Cl2F3N5O. The highest BCUT2D eigenvalue weighted by atomic mass is 35.5. The minimum absolute atomic E-state index is 0.0752. The molecule has 1 amide bonds. The third-order valence-electron chi connectivity index (χ3n) is 3.00. The second-order valence-electron chi connectivity index (χ2n) is 4.89. The summed E-state index contributed by atoms with van der Waals surface area (Å²) in [5.74, 6) is -1.24. The van der Waals surface area contributed by atoms with Gasteiger partial charge in [-0.3, -0.25) is 4.79 Å². The van der Waals surface area contributed by atoms with Crippen LogP contribution in [0.25, 0.3) is 5.82 Å². The molecule has 130 valence electrons. The number of carbonyl (C=O) groups excluding carboxylic acids is 1. The molecule has 6 nitrogen and oxygen atoms in total. The molecule has 2 aromatic rings. The van der Waals surface area contributed by atoms with Crippen molar-refractivity contribution in [3.05, 3.63) is 39.8 Å². The lowest BCUT2D eigenvalue weighted by atomic mass is 10.2. The van der Waals surface area contributed by atoms with Gasteiger partial charge in [0.25, 0.3) is 5.91 Å². The predicted molar refractivity (Wildman–Crippen MR) is 82.4 cm³/mol. The van der Waals surface area contributed by atoms with Crippen molar-refractivity contribution in [1.29, 1.82) is 0 Å². The SMILES string of the molecule is C[C@@H](CN)NC(=O)c1cnn(-c2ncc(Cl)cc2Cl)c1C(F)(F)F. The summed E-state index contributed by atoms with van der Waals surface area (Å²) in [5.41, 5.74) is 3.41. The minimum atomic E-state index is -4.86. The lowest BCUT2D eigenvalue weighted by Gasteiger charge is -2.14. The molecule has 0 fully saturated rings. The van der Waals surface area contributed by atoms with Crippen LogP contribution in [0.2, 0.25) is 10.0 Å². The van der Waals surface area contributed by atoms with Crippen molar-refractivity contribution in [2.45, 2.75) is 19.1 Å². The van der Waals surface area contributed by atoms with E-state index >= 15 is 0 Å². The van der Waals surface area contributed by atoms with Crippen molar-refractivity contribution < 1.29 is 18.0 Å². The fourth-order valence-electron chi connectivity index (χ4n) is 1.87. The second kappa shape index (κ2) is 6.96. The molecule has 0 unspecified atom stereocenters. The van der Waals surface area contributed by atoms with Gasteiger partial charge in [0.2, 0.25) is 0 Å². The lowest BCUT2D eigenvalue weighted by molar-refractivity contribution is -0.143. The third-order valence-corrected chi connectivity index (χ3v) is 3.49. The van der Waals surface area contributed by atoms with E-state index in [4.69, 9.17) is 28.9 Å². The first-order valence-electron chi connectivity index (χ1n) is 6.62. The van der Waals surface area contributed by atoms with Gasteiger partial charge >= 0.3 is 6.18 Å². The molecule has 0 aromatic carbocycles. The zero-order valence-electron chi connectivity index (χ0n) is 12.2. The van der Waals surface area contributed by atoms with Crippen LogP contribution in [0.3, 0.4) is 0 Å². The van der Waals surface area contributed by atoms with Crippen LogP contribution in [0.5, 0.6) is 0 Å². The Morgan fingerprint density at radius 1 is 1.42 bits per heavy atom. The van der Waals surface area contributed by atoms with Crippen molar-refractivity contribution in [3.63, 3.8) is 0 Å². The number of aromatic nitrogens is 3. The molecule has 3 N–H and O–H groups in total. The molecule has 24 heavy (non-hydrogen) atoms. The number of hydrogen-bond donors (Lipinski definition) is 2. The number of halogens is 5. The number of alkyl halides is 3. The number of pyridine rings is 1. The first-order valence-corrected chi connectivity index (χ1v) is 7.38. The van der Waals surface area contributed by atoms with Gasteiger partial charge in [0.05, 0.1) is 21.8 Å². The van der Waals surface area contributed by atoms with E-state index in [1.165, 1.54) is 6.07 Å². The lowest BCUT2D eigenvalue weighted by Crippen LogP contribution is -2.38. The van der Waals surface area contributed by atoms with Gasteiger partial charge in [-0.25, -0.2) is 9.67 Å². The molecule has 0 aliphatic heterocycles. The van der Waals surface area contributed by atoms with Crippen molar-refractivity contribution in [3.8, 4) is 5.82 Å². The van der Waals surface area contributed by atoms with Crippen LogP contribution in [-0.2, 0) is 6.18 Å². The molecule has 0 bridgehead atoms. The first-order chi connectivity index (χ1) is 11.1. The molecule has 1 atom stereocenters. The topological polar surface area (TPSA) is 85.8 Å². The summed E-state index contributed by atoms with van der Waals surface area (Å²) in [7, 11) is 0. The molecule has 0 radical (unpaired) electrons. The Kier molecular flexibility index (Phi) is 5.36. The molecule has 0 aliphatic rings. The molecule has 0 aliphatic carbocycles. The Bertz CT molecular complexity index is 763. The van der Waals surface area contributed by atoms with E-state index < -0.39 is 29.4 Å². The number of nitrogens with one attached hydrogen (secondary N) is 1. The van der Waals surface area contributed by atoms with E-state index in [9.17, 15) is 18.0 Å². The summed E-state index contributed by atoms with van der Waals surface area (Å²) in [5, 5.41) is 5.98. The highest BCUT2D eigenvalue weighted by Crippen LogP contribution is 2.35. The molecule has 0 saturated heterocycles. The van der Waals surface area contributed by atoms with Crippen LogP contribution in [0.4, 0.5) is 13.2 Å². The van der Waals surface area contributed by atoms with E-state index in [0.29, 0.717) is 4.68 Å². The van der Waals surface area contributed by atoms with Gasteiger partial charge in [-0.15, -0.1) is 0 Å². The van der Waals surface area contributed by atoms with Crippen LogP contribution < -0.4 is 11.1 Å². The smallest absolute Gasteiger partial charge is 0.348 e. The molecule has 0 spiro atoms. The van der Waals surface area contributed by atoms with E-state index in [-0.39, 0.29) is 22.4 Å². The second-order valence-corrected chi connectivity index (χ2v) is 5.73. The average Bonchev–Trinajstić information content (AvgIpc) is 2.91. The number of nitrogens with two attached hydrogens (primary N) is 1. The van der Waals surface area contributed by atoms with Crippen molar-refractivity contribution >= 4 is 29.1 Å². The van der Waals surface area contributed by atoms with Crippen LogP contribution in [0.15, 0.2) is 18.5 Å². The highest BCUT2D eigenvalue weighted by Gasteiger charge is 2.41.